The molecule has 0 aliphatic rings. The Bertz CT molecular complexity index is 378. The van der Waals surface area contributed by atoms with E-state index < -0.39 is 23.6 Å². The Morgan fingerprint density at radius 3 is 2.47 bits per heavy atom. The van der Waals surface area contributed by atoms with Gasteiger partial charge in [0.2, 0.25) is 0 Å². The van der Waals surface area contributed by atoms with Crippen molar-refractivity contribution in [3.8, 4) is 0 Å². The Kier molecular flexibility index (Phi) is 4.47. The van der Waals surface area contributed by atoms with Crippen LogP contribution in [-0.2, 0) is 6.18 Å². The van der Waals surface area contributed by atoms with Gasteiger partial charge in [-0.15, -0.1) is 0 Å². The summed E-state index contributed by atoms with van der Waals surface area (Å²) in [4.78, 5) is 0. The lowest BCUT2D eigenvalue weighted by molar-refractivity contribution is -0.138. The summed E-state index contributed by atoms with van der Waals surface area (Å²) in [6.07, 6.45) is -4.12. The lowest BCUT2D eigenvalue weighted by Crippen LogP contribution is -2.18. The van der Waals surface area contributed by atoms with Gasteiger partial charge < -0.3 is 10.8 Å². The summed E-state index contributed by atoms with van der Waals surface area (Å²) in [7, 11) is 0. The van der Waals surface area contributed by atoms with Crippen molar-refractivity contribution in [1.82, 2.24) is 0 Å². The summed E-state index contributed by atoms with van der Waals surface area (Å²) < 4.78 is 50.7. The van der Waals surface area contributed by atoms with E-state index in [0.29, 0.717) is 12.5 Å². The SMILES string of the molecule is N[C@H](CCCO)c1ccc(F)cc1C(F)(F)F. The van der Waals surface area contributed by atoms with E-state index in [9.17, 15) is 17.6 Å². The maximum atomic E-state index is 12.8. The van der Waals surface area contributed by atoms with Gasteiger partial charge >= 0.3 is 6.18 Å². The van der Waals surface area contributed by atoms with Crippen molar-refractivity contribution < 1.29 is 22.7 Å². The van der Waals surface area contributed by atoms with Crippen LogP contribution in [0.15, 0.2) is 18.2 Å². The summed E-state index contributed by atoms with van der Waals surface area (Å²) in [5.74, 6) is -0.949. The fourth-order valence-corrected chi connectivity index (χ4v) is 1.56. The summed E-state index contributed by atoms with van der Waals surface area (Å²) >= 11 is 0. The van der Waals surface area contributed by atoms with Crippen molar-refractivity contribution in [2.75, 3.05) is 6.61 Å². The Hall–Kier alpha value is -1.14. The van der Waals surface area contributed by atoms with Crippen LogP contribution >= 0.6 is 0 Å². The lowest BCUT2D eigenvalue weighted by Gasteiger charge is -2.18. The molecule has 0 heterocycles. The van der Waals surface area contributed by atoms with Crippen molar-refractivity contribution in [3.63, 3.8) is 0 Å². The predicted octanol–water partition coefficient (Wildman–Crippen LogP) is 2.62. The van der Waals surface area contributed by atoms with E-state index in [-0.39, 0.29) is 18.6 Å². The van der Waals surface area contributed by atoms with Crippen LogP contribution in [0.3, 0.4) is 0 Å². The van der Waals surface area contributed by atoms with Crippen molar-refractivity contribution in [2.45, 2.75) is 25.1 Å². The number of rotatable bonds is 4. The van der Waals surface area contributed by atoms with Crippen LogP contribution in [0.1, 0.15) is 30.0 Å². The van der Waals surface area contributed by atoms with Crippen LogP contribution in [0.25, 0.3) is 0 Å². The third-order valence-electron chi connectivity index (χ3n) is 2.39. The first-order valence-corrected chi connectivity index (χ1v) is 5.09. The van der Waals surface area contributed by atoms with Crippen LogP contribution in [0.4, 0.5) is 17.6 Å². The molecular weight excluding hydrogens is 238 g/mol. The van der Waals surface area contributed by atoms with Crippen molar-refractivity contribution >= 4 is 0 Å². The third-order valence-corrected chi connectivity index (χ3v) is 2.39. The van der Waals surface area contributed by atoms with Gasteiger partial charge in [0.15, 0.2) is 0 Å². The first-order valence-electron chi connectivity index (χ1n) is 5.09. The highest BCUT2D eigenvalue weighted by Crippen LogP contribution is 2.35. The summed E-state index contributed by atoms with van der Waals surface area (Å²) in [5.41, 5.74) is 4.40. The van der Waals surface area contributed by atoms with E-state index in [4.69, 9.17) is 10.8 Å². The number of aliphatic hydroxyl groups is 1. The van der Waals surface area contributed by atoms with Crippen molar-refractivity contribution in [3.05, 3.63) is 35.1 Å². The minimum atomic E-state index is -4.63. The van der Waals surface area contributed by atoms with E-state index in [2.05, 4.69) is 0 Å². The van der Waals surface area contributed by atoms with E-state index in [1.807, 2.05) is 0 Å². The Morgan fingerprint density at radius 1 is 1.29 bits per heavy atom. The van der Waals surface area contributed by atoms with Gasteiger partial charge in [-0.05, 0) is 30.5 Å². The average Bonchev–Trinajstić information content (AvgIpc) is 2.24. The number of hydrogen-bond acceptors (Lipinski definition) is 2. The van der Waals surface area contributed by atoms with Gasteiger partial charge in [-0.3, -0.25) is 0 Å². The molecule has 17 heavy (non-hydrogen) atoms. The molecule has 1 rings (SSSR count). The predicted molar refractivity (Wildman–Crippen MR) is 54.7 cm³/mol. The van der Waals surface area contributed by atoms with Gasteiger partial charge in [-0.2, -0.15) is 13.2 Å². The molecule has 0 fully saturated rings. The maximum Gasteiger partial charge on any atom is 0.416 e. The number of nitrogens with two attached hydrogens (primary N) is 1. The van der Waals surface area contributed by atoms with E-state index in [1.165, 1.54) is 0 Å². The average molecular weight is 251 g/mol. The highest BCUT2D eigenvalue weighted by Gasteiger charge is 2.34. The molecule has 2 nitrogen and oxygen atoms in total. The first kappa shape index (κ1) is 13.9. The Labute approximate surface area is 96.1 Å². The largest absolute Gasteiger partial charge is 0.416 e. The first-order chi connectivity index (χ1) is 7.86. The number of benzene rings is 1. The number of hydrogen-bond donors (Lipinski definition) is 2. The molecule has 0 radical (unpaired) electrons. The third kappa shape index (κ3) is 3.67. The van der Waals surface area contributed by atoms with Gasteiger partial charge in [0, 0.05) is 12.6 Å². The zero-order chi connectivity index (χ0) is 13.1. The lowest BCUT2D eigenvalue weighted by atomic mass is 9.97. The molecule has 96 valence electrons. The van der Waals surface area contributed by atoms with Crippen LogP contribution in [-0.4, -0.2) is 11.7 Å². The fraction of sp³-hybridized carbons (Fsp3) is 0.455. The summed E-state index contributed by atoms with van der Waals surface area (Å²) in [6, 6.07) is 1.57. The van der Waals surface area contributed by atoms with Crippen LogP contribution in [0.2, 0.25) is 0 Å². The minimum Gasteiger partial charge on any atom is -0.396 e. The molecule has 1 aromatic carbocycles. The molecule has 0 saturated carbocycles. The van der Waals surface area contributed by atoms with E-state index in [0.717, 1.165) is 12.1 Å². The zero-order valence-corrected chi connectivity index (χ0v) is 8.97. The number of aliphatic hydroxyl groups excluding tert-OH is 1. The molecule has 0 amide bonds. The number of alkyl halides is 3. The number of halogens is 4. The second-order valence-corrected chi connectivity index (χ2v) is 3.70. The molecule has 0 aliphatic heterocycles. The quantitative estimate of drug-likeness (QED) is 0.808. The van der Waals surface area contributed by atoms with Gasteiger partial charge in [0.1, 0.15) is 5.82 Å². The molecule has 0 bridgehead atoms. The fourth-order valence-electron chi connectivity index (χ4n) is 1.56. The van der Waals surface area contributed by atoms with Crippen molar-refractivity contribution in [2.24, 2.45) is 5.73 Å². The van der Waals surface area contributed by atoms with E-state index in [1.54, 1.807) is 0 Å². The topological polar surface area (TPSA) is 46.2 Å². The Balaban J connectivity index is 3.06. The molecule has 0 aromatic heterocycles. The Morgan fingerprint density at radius 2 is 1.94 bits per heavy atom. The molecule has 0 saturated heterocycles. The van der Waals surface area contributed by atoms with Crippen LogP contribution < -0.4 is 5.73 Å². The smallest absolute Gasteiger partial charge is 0.396 e. The highest BCUT2D eigenvalue weighted by molar-refractivity contribution is 5.32. The highest BCUT2D eigenvalue weighted by atomic mass is 19.4. The van der Waals surface area contributed by atoms with Gasteiger partial charge in [0.05, 0.1) is 5.56 Å². The van der Waals surface area contributed by atoms with Gasteiger partial charge in [0.25, 0.3) is 0 Å². The molecule has 6 heteroatoms. The molecule has 1 atom stereocenters. The van der Waals surface area contributed by atoms with Crippen molar-refractivity contribution in [1.29, 1.82) is 0 Å². The minimum absolute atomic E-state index is 0.143. The molecule has 0 aliphatic carbocycles. The van der Waals surface area contributed by atoms with Crippen LogP contribution in [0.5, 0.6) is 0 Å². The van der Waals surface area contributed by atoms with Crippen LogP contribution in [0, 0.1) is 5.82 Å². The van der Waals surface area contributed by atoms with Gasteiger partial charge in [-0.25, -0.2) is 4.39 Å². The zero-order valence-electron chi connectivity index (χ0n) is 8.97. The molecule has 0 spiro atoms. The second-order valence-electron chi connectivity index (χ2n) is 3.70. The second kappa shape index (κ2) is 5.46. The van der Waals surface area contributed by atoms with E-state index >= 15 is 0 Å². The monoisotopic (exact) mass is 251 g/mol. The summed E-state index contributed by atoms with van der Waals surface area (Å²) in [6.45, 7) is -0.143. The normalized spacial score (nSPS) is 13.8. The molecular formula is C11H13F4NO. The van der Waals surface area contributed by atoms with Gasteiger partial charge in [-0.1, -0.05) is 6.07 Å². The molecule has 3 N–H and O–H groups in total. The summed E-state index contributed by atoms with van der Waals surface area (Å²) in [5, 5.41) is 8.60. The maximum absolute atomic E-state index is 12.8. The standard InChI is InChI=1S/C11H13F4NO/c12-7-3-4-8(10(16)2-1-5-17)9(6-7)11(13,14)15/h3-4,6,10,17H,1-2,5,16H2/t10-/m1/s1. The molecule has 0 unspecified atom stereocenters. The molecule has 1 aromatic rings.